The first kappa shape index (κ1) is 20.1. The molecule has 0 aliphatic carbocycles. The summed E-state index contributed by atoms with van der Waals surface area (Å²) in [5, 5.41) is 5.70. The van der Waals surface area contributed by atoms with Crippen molar-refractivity contribution in [2.75, 3.05) is 12.4 Å². The zero-order chi connectivity index (χ0) is 20.8. The van der Waals surface area contributed by atoms with E-state index in [-0.39, 0.29) is 11.8 Å². The summed E-state index contributed by atoms with van der Waals surface area (Å²) in [6, 6.07) is 14.8. The molecule has 0 saturated heterocycles. The molecule has 0 spiro atoms. The van der Waals surface area contributed by atoms with Crippen molar-refractivity contribution in [3.8, 4) is 5.75 Å². The summed E-state index contributed by atoms with van der Waals surface area (Å²) < 4.78 is 5.29. The predicted molar refractivity (Wildman–Crippen MR) is 112 cm³/mol. The van der Waals surface area contributed by atoms with E-state index >= 15 is 0 Å². The fourth-order valence-electron chi connectivity index (χ4n) is 2.96. The van der Waals surface area contributed by atoms with Crippen LogP contribution >= 0.6 is 0 Å². The molecule has 0 fully saturated rings. The molecule has 2 aromatic carbocycles. The van der Waals surface area contributed by atoms with E-state index in [0.29, 0.717) is 23.4 Å². The number of para-hydroxylation sites is 1. The highest BCUT2D eigenvalue weighted by Crippen LogP contribution is 2.18. The van der Waals surface area contributed by atoms with Crippen molar-refractivity contribution >= 4 is 17.5 Å². The number of hydrogen-bond acceptors (Lipinski definition) is 4. The summed E-state index contributed by atoms with van der Waals surface area (Å²) in [7, 11) is 1.59. The lowest BCUT2D eigenvalue weighted by Crippen LogP contribution is -2.24. The zero-order valence-corrected chi connectivity index (χ0v) is 16.7. The molecular weight excluding hydrogens is 366 g/mol. The van der Waals surface area contributed by atoms with E-state index in [1.54, 1.807) is 7.11 Å². The van der Waals surface area contributed by atoms with E-state index in [9.17, 15) is 9.59 Å². The van der Waals surface area contributed by atoms with E-state index in [0.717, 1.165) is 22.4 Å². The molecule has 29 heavy (non-hydrogen) atoms. The third kappa shape index (κ3) is 4.99. The second-order valence-corrected chi connectivity index (χ2v) is 6.73. The number of nitrogens with zero attached hydrogens (tertiary/aromatic N) is 1. The van der Waals surface area contributed by atoms with Crippen molar-refractivity contribution in [3.05, 3.63) is 88.7 Å². The van der Waals surface area contributed by atoms with Crippen molar-refractivity contribution in [3.63, 3.8) is 0 Å². The topological polar surface area (TPSA) is 80.3 Å². The summed E-state index contributed by atoms with van der Waals surface area (Å²) in [5.74, 6) is 0.0703. The van der Waals surface area contributed by atoms with Crippen LogP contribution in [0.1, 0.15) is 37.4 Å². The highest BCUT2D eigenvalue weighted by atomic mass is 16.5. The van der Waals surface area contributed by atoms with Crippen LogP contribution in [0, 0.1) is 13.8 Å². The number of aromatic nitrogens is 1. The molecule has 0 atom stereocenters. The van der Waals surface area contributed by atoms with Gasteiger partial charge in [-0.1, -0.05) is 35.9 Å². The standard InChI is InChI=1S/C23H23N3O3/c1-15-8-9-20(16(2)10-15)26-23(28)19-11-18(12-24-13-19)22(27)25-14-17-6-4-5-7-21(17)29-3/h4-13H,14H2,1-3H3,(H,25,27)(H,26,28). The maximum atomic E-state index is 12.6. The molecule has 2 amide bonds. The minimum atomic E-state index is -0.316. The molecule has 2 N–H and O–H groups in total. The monoisotopic (exact) mass is 389 g/mol. The number of aryl methyl sites for hydroxylation is 2. The van der Waals surface area contributed by atoms with E-state index in [1.807, 2.05) is 56.3 Å². The smallest absolute Gasteiger partial charge is 0.257 e. The van der Waals surface area contributed by atoms with Crippen molar-refractivity contribution in [1.82, 2.24) is 10.3 Å². The third-order valence-corrected chi connectivity index (χ3v) is 4.52. The molecule has 0 radical (unpaired) electrons. The molecule has 0 unspecified atom stereocenters. The average Bonchev–Trinajstić information content (AvgIpc) is 2.74. The van der Waals surface area contributed by atoms with Crippen LogP contribution in [0.2, 0.25) is 0 Å². The van der Waals surface area contributed by atoms with E-state index in [1.165, 1.54) is 18.5 Å². The Labute approximate surface area is 169 Å². The van der Waals surface area contributed by atoms with Gasteiger partial charge in [-0.2, -0.15) is 0 Å². The molecule has 3 rings (SSSR count). The number of pyridine rings is 1. The first-order valence-corrected chi connectivity index (χ1v) is 9.21. The van der Waals surface area contributed by atoms with Crippen LogP contribution in [0.4, 0.5) is 5.69 Å². The summed E-state index contributed by atoms with van der Waals surface area (Å²) in [5.41, 5.74) is 4.31. The first-order chi connectivity index (χ1) is 14.0. The van der Waals surface area contributed by atoms with Crippen LogP contribution in [0.15, 0.2) is 60.9 Å². The number of carbonyl (C=O) groups is 2. The van der Waals surface area contributed by atoms with Crippen LogP contribution in [-0.2, 0) is 6.54 Å². The number of ether oxygens (including phenoxy) is 1. The number of anilines is 1. The second kappa shape index (κ2) is 9.01. The largest absolute Gasteiger partial charge is 0.496 e. The summed E-state index contributed by atoms with van der Waals surface area (Å²) >= 11 is 0. The van der Waals surface area contributed by atoms with Gasteiger partial charge in [-0.25, -0.2) is 0 Å². The molecule has 6 heteroatoms. The molecule has 0 bridgehead atoms. The van der Waals surface area contributed by atoms with E-state index in [2.05, 4.69) is 15.6 Å². The van der Waals surface area contributed by atoms with Gasteiger partial charge in [0.1, 0.15) is 5.75 Å². The normalized spacial score (nSPS) is 10.3. The molecule has 1 aromatic heterocycles. The lowest BCUT2D eigenvalue weighted by Gasteiger charge is -2.11. The number of rotatable bonds is 6. The minimum Gasteiger partial charge on any atom is -0.496 e. The van der Waals surface area contributed by atoms with Gasteiger partial charge in [-0.05, 0) is 37.6 Å². The Hall–Kier alpha value is -3.67. The predicted octanol–water partition coefficient (Wildman–Crippen LogP) is 3.89. The molecule has 1 heterocycles. The highest BCUT2D eigenvalue weighted by Gasteiger charge is 2.13. The zero-order valence-electron chi connectivity index (χ0n) is 16.7. The Morgan fingerprint density at radius 3 is 2.41 bits per heavy atom. The van der Waals surface area contributed by atoms with Crippen molar-refractivity contribution in [2.24, 2.45) is 0 Å². The number of hydrogen-bond donors (Lipinski definition) is 2. The number of nitrogens with one attached hydrogen (secondary N) is 2. The van der Waals surface area contributed by atoms with Gasteiger partial charge in [0.05, 0.1) is 18.2 Å². The summed E-state index contributed by atoms with van der Waals surface area (Å²) in [6.45, 7) is 4.24. The van der Waals surface area contributed by atoms with Gasteiger partial charge in [0, 0.05) is 30.2 Å². The Morgan fingerprint density at radius 2 is 1.69 bits per heavy atom. The minimum absolute atomic E-state index is 0.307. The lowest BCUT2D eigenvalue weighted by molar-refractivity contribution is 0.0950. The molecule has 3 aromatic rings. The molecule has 0 aliphatic rings. The summed E-state index contributed by atoms with van der Waals surface area (Å²) in [4.78, 5) is 29.2. The Balaban J connectivity index is 1.69. The van der Waals surface area contributed by atoms with E-state index in [4.69, 9.17) is 4.74 Å². The van der Waals surface area contributed by atoms with Crippen LogP contribution in [0.5, 0.6) is 5.75 Å². The molecular formula is C23H23N3O3. The van der Waals surface area contributed by atoms with Gasteiger partial charge < -0.3 is 15.4 Å². The van der Waals surface area contributed by atoms with Crippen molar-refractivity contribution in [1.29, 1.82) is 0 Å². The Kier molecular flexibility index (Phi) is 6.24. The quantitative estimate of drug-likeness (QED) is 0.670. The van der Waals surface area contributed by atoms with Gasteiger partial charge in [0.25, 0.3) is 11.8 Å². The number of carbonyl (C=O) groups excluding carboxylic acids is 2. The van der Waals surface area contributed by atoms with E-state index < -0.39 is 0 Å². The van der Waals surface area contributed by atoms with Crippen LogP contribution in [-0.4, -0.2) is 23.9 Å². The van der Waals surface area contributed by atoms with Crippen LogP contribution in [0.3, 0.4) is 0 Å². The maximum Gasteiger partial charge on any atom is 0.257 e. The van der Waals surface area contributed by atoms with Crippen LogP contribution in [0.25, 0.3) is 0 Å². The fraction of sp³-hybridized carbons (Fsp3) is 0.174. The second-order valence-electron chi connectivity index (χ2n) is 6.73. The SMILES string of the molecule is COc1ccccc1CNC(=O)c1cncc(C(=O)Nc2ccc(C)cc2C)c1. The number of methoxy groups -OCH3 is 1. The Bertz CT molecular complexity index is 1050. The highest BCUT2D eigenvalue weighted by molar-refractivity contribution is 6.06. The van der Waals surface area contributed by atoms with Gasteiger partial charge in [-0.15, -0.1) is 0 Å². The molecule has 148 valence electrons. The first-order valence-electron chi connectivity index (χ1n) is 9.21. The van der Waals surface area contributed by atoms with Crippen molar-refractivity contribution < 1.29 is 14.3 Å². The third-order valence-electron chi connectivity index (χ3n) is 4.52. The van der Waals surface area contributed by atoms with Gasteiger partial charge in [-0.3, -0.25) is 14.6 Å². The van der Waals surface area contributed by atoms with Gasteiger partial charge in [0.15, 0.2) is 0 Å². The number of amides is 2. The molecule has 0 aliphatic heterocycles. The molecule has 6 nitrogen and oxygen atoms in total. The van der Waals surface area contributed by atoms with Crippen LogP contribution < -0.4 is 15.4 Å². The van der Waals surface area contributed by atoms with Crippen molar-refractivity contribution in [2.45, 2.75) is 20.4 Å². The maximum absolute atomic E-state index is 12.6. The lowest BCUT2D eigenvalue weighted by atomic mass is 10.1. The Morgan fingerprint density at radius 1 is 0.966 bits per heavy atom. The van der Waals surface area contributed by atoms with Gasteiger partial charge in [0.2, 0.25) is 0 Å². The van der Waals surface area contributed by atoms with Gasteiger partial charge >= 0.3 is 0 Å². The fourth-order valence-corrected chi connectivity index (χ4v) is 2.96. The molecule has 0 saturated carbocycles. The number of benzene rings is 2. The summed E-state index contributed by atoms with van der Waals surface area (Å²) in [6.07, 6.45) is 2.88. The average molecular weight is 389 g/mol.